The van der Waals surface area contributed by atoms with Gasteiger partial charge in [0.05, 0.1) is 17.9 Å². The fourth-order valence-corrected chi connectivity index (χ4v) is 3.42. The summed E-state index contributed by atoms with van der Waals surface area (Å²) in [6.45, 7) is 4.75. The number of fused-ring (bicyclic) bond motifs is 1. The molecule has 0 aromatic carbocycles. The van der Waals surface area contributed by atoms with E-state index < -0.39 is 0 Å². The van der Waals surface area contributed by atoms with Crippen LogP contribution in [0.5, 0.6) is 0 Å². The molecule has 6 heteroatoms. The zero-order chi connectivity index (χ0) is 15.8. The van der Waals surface area contributed by atoms with Crippen molar-refractivity contribution in [2.24, 2.45) is 0 Å². The molecule has 3 heterocycles. The SMILES string of the molecule is Cc1cc(CN(C)C2CN(c3cc4c(nn3)CCCC4)C2)on1. The summed E-state index contributed by atoms with van der Waals surface area (Å²) in [7, 11) is 2.14. The van der Waals surface area contributed by atoms with Gasteiger partial charge in [0.1, 0.15) is 0 Å². The number of likely N-dealkylation sites (N-methyl/N-ethyl adjacent to an activating group) is 1. The highest BCUT2D eigenvalue weighted by atomic mass is 16.5. The van der Waals surface area contributed by atoms with E-state index >= 15 is 0 Å². The van der Waals surface area contributed by atoms with Crippen LogP contribution in [0.4, 0.5) is 5.82 Å². The van der Waals surface area contributed by atoms with Gasteiger partial charge in [-0.1, -0.05) is 5.16 Å². The van der Waals surface area contributed by atoms with Crippen molar-refractivity contribution in [3.8, 4) is 0 Å². The molecule has 0 bridgehead atoms. The summed E-state index contributed by atoms with van der Waals surface area (Å²) < 4.78 is 5.30. The molecule has 6 nitrogen and oxygen atoms in total. The van der Waals surface area contributed by atoms with Crippen molar-refractivity contribution >= 4 is 5.82 Å². The highest BCUT2D eigenvalue weighted by Gasteiger charge is 2.32. The summed E-state index contributed by atoms with van der Waals surface area (Å²) in [5.74, 6) is 1.96. The van der Waals surface area contributed by atoms with Crippen molar-refractivity contribution in [1.82, 2.24) is 20.3 Å². The van der Waals surface area contributed by atoms with Gasteiger partial charge in [0.25, 0.3) is 0 Å². The van der Waals surface area contributed by atoms with E-state index in [1.165, 1.54) is 24.1 Å². The molecular formula is C17H23N5O. The Labute approximate surface area is 136 Å². The van der Waals surface area contributed by atoms with E-state index in [9.17, 15) is 0 Å². The smallest absolute Gasteiger partial charge is 0.151 e. The number of hydrogen-bond acceptors (Lipinski definition) is 6. The normalized spacial score (nSPS) is 18.1. The fourth-order valence-electron chi connectivity index (χ4n) is 3.42. The van der Waals surface area contributed by atoms with Crippen molar-refractivity contribution in [3.05, 3.63) is 34.8 Å². The van der Waals surface area contributed by atoms with E-state index in [0.29, 0.717) is 6.04 Å². The molecule has 2 aromatic heterocycles. The molecule has 0 radical (unpaired) electrons. The summed E-state index contributed by atoms with van der Waals surface area (Å²) in [6.07, 6.45) is 4.77. The van der Waals surface area contributed by atoms with Gasteiger partial charge in [0.15, 0.2) is 11.6 Å². The number of hydrogen-bond donors (Lipinski definition) is 0. The van der Waals surface area contributed by atoms with Crippen LogP contribution < -0.4 is 4.90 Å². The molecule has 0 atom stereocenters. The lowest BCUT2D eigenvalue weighted by Gasteiger charge is -2.44. The maximum absolute atomic E-state index is 5.30. The second-order valence-electron chi connectivity index (χ2n) is 6.79. The summed E-state index contributed by atoms with van der Waals surface area (Å²) >= 11 is 0. The Kier molecular flexibility index (Phi) is 3.77. The van der Waals surface area contributed by atoms with Gasteiger partial charge in [-0.15, -0.1) is 5.10 Å². The minimum Gasteiger partial charge on any atom is -0.360 e. The van der Waals surface area contributed by atoms with E-state index in [4.69, 9.17) is 4.52 Å². The molecule has 122 valence electrons. The molecule has 0 N–H and O–H groups in total. The van der Waals surface area contributed by atoms with Crippen molar-refractivity contribution in [3.63, 3.8) is 0 Å². The minimum absolute atomic E-state index is 0.526. The summed E-state index contributed by atoms with van der Waals surface area (Å²) in [6, 6.07) is 4.78. The van der Waals surface area contributed by atoms with Crippen LogP contribution in [0.15, 0.2) is 16.7 Å². The van der Waals surface area contributed by atoms with Gasteiger partial charge < -0.3 is 9.42 Å². The van der Waals surface area contributed by atoms with E-state index in [-0.39, 0.29) is 0 Å². The third-order valence-corrected chi connectivity index (χ3v) is 4.95. The lowest BCUT2D eigenvalue weighted by Crippen LogP contribution is -2.58. The molecular weight excluding hydrogens is 290 g/mol. The topological polar surface area (TPSA) is 58.3 Å². The van der Waals surface area contributed by atoms with Gasteiger partial charge >= 0.3 is 0 Å². The molecule has 0 unspecified atom stereocenters. The molecule has 2 aromatic rings. The van der Waals surface area contributed by atoms with Crippen molar-refractivity contribution in [1.29, 1.82) is 0 Å². The first-order chi connectivity index (χ1) is 11.2. The first kappa shape index (κ1) is 14.6. The van der Waals surface area contributed by atoms with Crippen LogP contribution in [0.1, 0.15) is 35.6 Å². The number of aromatic nitrogens is 3. The van der Waals surface area contributed by atoms with Crippen LogP contribution in [0.3, 0.4) is 0 Å². The first-order valence-corrected chi connectivity index (χ1v) is 8.42. The third-order valence-electron chi connectivity index (χ3n) is 4.95. The minimum atomic E-state index is 0.526. The Morgan fingerprint density at radius 3 is 2.83 bits per heavy atom. The highest BCUT2D eigenvalue weighted by Crippen LogP contribution is 2.26. The largest absolute Gasteiger partial charge is 0.360 e. The Morgan fingerprint density at radius 2 is 2.04 bits per heavy atom. The Bertz CT molecular complexity index is 692. The third kappa shape index (κ3) is 2.95. The van der Waals surface area contributed by atoms with Crippen LogP contribution >= 0.6 is 0 Å². The maximum Gasteiger partial charge on any atom is 0.151 e. The van der Waals surface area contributed by atoms with Crippen LogP contribution in [0.2, 0.25) is 0 Å². The fraction of sp³-hybridized carbons (Fsp3) is 0.588. The lowest BCUT2D eigenvalue weighted by atomic mass is 9.96. The van der Waals surface area contributed by atoms with Gasteiger partial charge in [-0.3, -0.25) is 4.90 Å². The molecule has 1 saturated heterocycles. The summed E-state index contributed by atoms with van der Waals surface area (Å²) in [5, 5.41) is 12.8. The molecule has 1 aliphatic heterocycles. The highest BCUT2D eigenvalue weighted by molar-refractivity contribution is 5.45. The zero-order valence-corrected chi connectivity index (χ0v) is 13.8. The van der Waals surface area contributed by atoms with Crippen LogP contribution in [-0.2, 0) is 19.4 Å². The molecule has 0 saturated carbocycles. The van der Waals surface area contributed by atoms with E-state index in [1.54, 1.807) is 0 Å². The predicted octanol–water partition coefficient (Wildman–Crippen LogP) is 1.97. The van der Waals surface area contributed by atoms with E-state index in [0.717, 1.165) is 49.7 Å². The van der Waals surface area contributed by atoms with Crippen LogP contribution in [0.25, 0.3) is 0 Å². The van der Waals surface area contributed by atoms with Gasteiger partial charge in [0, 0.05) is 25.2 Å². The van der Waals surface area contributed by atoms with Crippen molar-refractivity contribution in [2.45, 2.75) is 45.2 Å². The van der Waals surface area contributed by atoms with Gasteiger partial charge in [-0.05, 0) is 51.3 Å². The average Bonchev–Trinajstić information content (AvgIpc) is 2.90. The number of anilines is 1. The molecule has 2 aliphatic rings. The standard InChI is InChI=1S/C17H23N5O/c1-12-7-15(23-20-12)11-21(2)14-9-22(10-14)17-8-13-5-3-4-6-16(13)18-19-17/h7-8,14H,3-6,9-11H2,1-2H3. The zero-order valence-electron chi connectivity index (χ0n) is 13.8. The van der Waals surface area contributed by atoms with Gasteiger partial charge in [-0.2, -0.15) is 5.10 Å². The maximum atomic E-state index is 5.30. The second-order valence-corrected chi connectivity index (χ2v) is 6.79. The Hall–Kier alpha value is -1.95. The molecule has 0 amide bonds. The number of nitrogens with zero attached hydrogens (tertiary/aromatic N) is 5. The van der Waals surface area contributed by atoms with Crippen molar-refractivity contribution < 1.29 is 4.52 Å². The van der Waals surface area contributed by atoms with E-state index in [2.05, 4.69) is 38.3 Å². The summed E-state index contributed by atoms with van der Waals surface area (Å²) in [5.41, 5.74) is 3.54. The number of rotatable bonds is 4. The molecule has 0 spiro atoms. The van der Waals surface area contributed by atoms with Gasteiger partial charge in [-0.25, -0.2) is 0 Å². The Morgan fingerprint density at radius 1 is 1.22 bits per heavy atom. The quantitative estimate of drug-likeness (QED) is 0.860. The number of aryl methyl sites for hydroxylation is 3. The van der Waals surface area contributed by atoms with Crippen LogP contribution in [-0.4, -0.2) is 46.4 Å². The van der Waals surface area contributed by atoms with Gasteiger partial charge in [0.2, 0.25) is 0 Å². The second kappa shape index (κ2) is 5.92. The summed E-state index contributed by atoms with van der Waals surface area (Å²) in [4.78, 5) is 4.64. The molecule has 23 heavy (non-hydrogen) atoms. The molecule has 1 aliphatic carbocycles. The molecule has 4 rings (SSSR count). The lowest BCUT2D eigenvalue weighted by molar-refractivity contribution is 0.177. The average molecular weight is 313 g/mol. The monoisotopic (exact) mass is 313 g/mol. The Balaban J connectivity index is 1.35. The van der Waals surface area contributed by atoms with Crippen molar-refractivity contribution in [2.75, 3.05) is 25.0 Å². The van der Waals surface area contributed by atoms with Crippen LogP contribution in [0, 0.1) is 6.92 Å². The predicted molar refractivity (Wildman–Crippen MR) is 87.4 cm³/mol. The molecule has 1 fully saturated rings. The first-order valence-electron chi connectivity index (χ1n) is 8.42. The van der Waals surface area contributed by atoms with E-state index in [1.807, 2.05) is 13.0 Å².